The van der Waals surface area contributed by atoms with Crippen LogP contribution in [-0.4, -0.2) is 34.7 Å². The molecule has 2 aromatic rings. The highest BCUT2D eigenvalue weighted by molar-refractivity contribution is 7.09. The van der Waals surface area contributed by atoms with Gasteiger partial charge in [0.05, 0.1) is 18.8 Å². The summed E-state index contributed by atoms with van der Waals surface area (Å²) < 4.78 is 0. The fraction of sp³-hybridized carbons (Fsp3) is 0.400. The number of aromatic nitrogens is 1. The van der Waals surface area contributed by atoms with E-state index in [-0.39, 0.29) is 6.61 Å². The highest BCUT2D eigenvalue weighted by Crippen LogP contribution is 2.22. The zero-order chi connectivity index (χ0) is 13.5. The molecule has 0 amide bonds. The van der Waals surface area contributed by atoms with Gasteiger partial charge in [-0.3, -0.25) is 4.90 Å². The number of aliphatic hydroxyl groups excluding tert-OH is 1. The van der Waals surface area contributed by atoms with Crippen molar-refractivity contribution in [1.29, 1.82) is 0 Å². The molecule has 0 aliphatic rings. The molecule has 1 heterocycles. The molecule has 1 aromatic carbocycles. The zero-order valence-corrected chi connectivity index (χ0v) is 12.1. The molecule has 0 bridgehead atoms. The highest BCUT2D eigenvalue weighted by Gasteiger charge is 2.09. The van der Waals surface area contributed by atoms with E-state index in [9.17, 15) is 0 Å². The molecule has 0 radical (unpaired) electrons. The number of benzene rings is 1. The van der Waals surface area contributed by atoms with Crippen molar-refractivity contribution in [2.24, 2.45) is 0 Å². The van der Waals surface area contributed by atoms with Gasteiger partial charge in [-0.05, 0) is 13.0 Å². The first kappa shape index (κ1) is 14.2. The molecule has 1 aromatic heterocycles. The largest absolute Gasteiger partial charge is 0.395 e. The smallest absolute Gasteiger partial charge is 0.107 e. The molecule has 4 heteroatoms. The summed E-state index contributed by atoms with van der Waals surface area (Å²) in [7, 11) is 0. The summed E-state index contributed by atoms with van der Waals surface area (Å²) in [4.78, 5) is 6.92. The Labute approximate surface area is 118 Å². The van der Waals surface area contributed by atoms with Crippen LogP contribution in [0.3, 0.4) is 0 Å². The Balaban J connectivity index is 2.04. The van der Waals surface area contributed by atoms with Crippen LogP contribution >= 0.6 is 11.3 Å². The third-order valence-electron chi connectivity index (χ3n) is 2.94. The maximum Gasteiger partial charge on any atom is 0.107 e. The monoisotopic (exact) mass is 276 g/mol. The minimum Gasteiger partial charge on any atom is -0.395 e. The van der Waals surface area contributed by atoms with Crippen molar-refractivity contribution in [2.75, 3.05) is 19.7 Å². The molecular formula is C15H20N2OS. The van der Waals surface area contributed by atoms with Crippen molar-refractivity contribution in [3.8, 4) is 11.3 Å². The fourth-order valence-electron chi connectivity index (χ4n) is 2.04. The van der Waals surface area contributed by atoms with Crippen molar-refractivity contribution in [3.05, 3.63) is 40.7 Å². The first-order chi connectivity index (χ1) is 9.33. The third-order valence-corrected chi connectivity index (χ3v) is 3.77. The van der Waals surface area contributed by atoms with E-state index in [0.29, 0.717) is 6.54 Å². The summed E-state index contributed by atoms with van der Waals surface area (Å²) in [5.41, 5.74) is 2.20. The maximum atomic E-state index is 9.07. The zero-order valence-electron chi connectivity index (χ0n) is 11.2. The lowest BCUT2D eigenvalue weighted by Crippen LogP contribution is -2.27. The van der Waals surface area contributed by atoms with Crippen molar-refractivity contribution < 1.29 is 5.11 Å². The molecule has 1 N–H and O–H groups in total. The van der Waals surface area contributed by atoms with Crippen LogP contribution in [0.25, 0.3) is 11.3 Å². The van der Waals surface area contributed by atoms with Gasteiger partial charge in [0.1, 0.15) is 5.01 Å². The number of hydrogen-bond donors (Lipinski definition) is 1. The number of thiazole rings is 1. The van der Waals surface area contributed by atoms with E-state index in [1.165, 1.54) is 0 Å². The summed E-state index contributed by atoms with van der Waals surface area (Å²) in [6.45, 7) is 4.90. The number of nitrogens with zero attached hydrogens (tertiary/aromatic N) is 2. The van der Waals surface area contributed by atoms with Gasteiger partial charge in [0, 0.05) is 17.5 Å². The van der Waals surface area contributed by atoms with E-state index in [2.05, 4.69) is 34.3 Å². The van der Waals surface area contributed by atoms with Crippen molar-refractivity contribution >= 4 is 11.3 Å². The van der Waals surface area contributed by atoms with Crippen LogP contribution in [0.15, 0.2) is 35.7 Å². The topological polar surface area (TPSA) is 36.4 Å². The van der Waals surface area contributed by atoms with Gasteiger partial charge in [0.25, 0.3) is 0 Å². The second kappa shape index (κ2) is 7.38. The molecule has 3 nitrogen and oxygen atoms in total. The van der Waals surface area contributed by atoms with E-state index >= 15 is 0 Å². The Morgan fingerprint density at radius 3 is 2.68 bits per heavy atom. The molecular weight excluding hydrogens is 256 g/mol. The number of aliphatic hydroxyl groups is 1. The standard InChI is InChI=1S/C15H20N2OS/c1-2-8-17(9-10-18)11-15-16-14(12-19-15)13-6-4-3-5-7-13/h3-7,12,18H,2,8-11H2,1H3. The quantitative estimate of drug-likeness (QED) is 0.844. The van der Waals surface area contributed by atoms with Gasteiger partial charge in [0.15, 0.2) is 0 Å². The van der Waals surface area contributed by atoms with E-state index in [4.69, 9.17) is 5.11 Å². The lowest BCUT2D eigenvalue weighted by atomic mass is 10.2. The van der Waals surface area contributed by atoms with Gasteiger partial charge in [-0.1, -0.05) is 37.3 Å². The van der Waals surface area contributed by atoms with Gasteiger partial charge in [-0.2, -0.15) is 0 Å². The van der Waals surface area contributed by atoms with E-state index in [1.807, 2.05) is 18.2 Å². The van der Waals surface area contributed by atoms with Crippen LogP contribution in [-0.2, 0) is 6.54 Å². The minimum absolute atomic E-state index is 0.205. The maximum absolute atomic E-state index is 9.07. The minimum atomic E-state index is 0.205. The van der Waals surface area contributed by atoms with Gasteiger partial charge in [0.2, 0.25) is 0 Å². The SMILES string of the molecule is CCCN(CCO)Cc1nc(-c2ccccc2)cs1. The van der Waals surface area contributed by atoms with Gasteiger partial charge in [-0.25, -0.2) is 4.98 Å². The average molecular weight is 276 g/mol. The number of rotatable bonds is 7. The summed E-state index contributed by atoms with van der Waals surface area (Å²) in [5.74, 6) is 0. The first-order valence-corrected chi connectivity index (χ1v) is 7.54. The lowest BCUT2D eigenvalue weighted by Gasteiger charge is -2.18. The van der Waals surface area contributed by atoms with Crippen LogP contribution in [0, 0.1) is 0 Å². The van der Waals surface area contributed by atoms with E-state index in [0.717, 1.165) is 35.8 Å². The molecule has 0 spiro atoms. The van der Waals surface area contributed by atoms with Crippen LogP contribution < -0.4 is 0 Å². The normalized spacial score (nSPS) is 11.1. The molecule has 0 saturated heterocycles. The summed E-state index contributed by atoms with van der Waals surface area (Å²) in [5, 5.41) is 12.3. The Kier molecular flexibility index (Phi) is 5.51. The number of hydrogen-bond acceptors (Lipinski definition) is 4. The second-order valence-electron chi connectivity index (χ2n) is 4.49. The van der Waals surface area contributed by atoms with E-state index in [1.54, 1.807) is 11.3 Å². The lowest BCUT2D eigenvalue weighted by molar-refractivity contribution is 0.190. The molecule has 0 fully saturated rings. The first-order valence-electron chi connectivity index (χ1n) is 6.66. The summed E-state index contributed by atoms with van der Waals surface area (Å²) in [6, 6.07) is 10.2. The fourth-order valence-corrected chi connectivity index (χ4v) is 2.89. The van der Waals surface area contributed by atoms with Gasteiger partial charge >= 0.3 is 0 Å². The van der Waals surface area contributed by atoms with Crippen LogP contribution in [0.5, 0.6) is 0 Å². The summed E-state index contributed by atoms with van der Waals surface area (Å²) in [6.07, 6.45) is 1.09. The Morgan fingerprint density at radius 2 is 2.00 bits per heavy atom. The predicted octanol–water partition coefficient (Wildman–Crippen LogP) is 3.01. The molecule has 2 rings (SSSR count). The molecule has 102 valence electrons. The Morgan fingerprint density at radius 1 is 1.21 bits per heavy atom. The average Bonchev–Trinajstić information content (AvgIpc) is 2.89. The molecule has 0 aliphatic carbocycles. The third kappa shape index (κ3) is 4.13. The molecule has 19 heavy (non-hydrogen) atoms. The van der Waals surface area contributed by atoms with Crippen molar-refractivity contribution in [1.82, 2.24) is 9.88 Å². The highest BCUT2D eigenvalue weighted by atomic mass is 32.1. The van der Waals surface area contributed by atoms with Crippen LogP contribution in [0.2, 0.25) is 0 Å². The molecule has 0 aliphatic heterocycles. The van der Waals surface area contributed by atoms with Gasteiger partial charge in [-0.15, -0.1) is 11.3 Å². The van der Waals surface area contributed by atoms with Gasteiger partial charge < -0.3 is 5.11 Å². The van der Waals surface area contributed by atoms with Crippen LogP contribution in [0.4, 0.5) is 0 Å². The molecule has 0 unspecified atom stereocenters. The van der Waals surface area contributed by atoms with Crippen LogP contribution in [0.1, 0.15) is 18.4 Å². The second-order valence-corrected chi connectivity index (χ2v) is 5.43. The molecule has 0 atom stereocenters. The van der Waals surface area contributed by atoms with E-state index < -0.39 is 0 Å². The predicted molar refractivity (Wildman–Crippen MR) is 80.2 cm³/mol. The van der Waals surface area contributed by atoms with Crippen molar-refractivity contribution in [2.45, 2.75) is 19.9 Å². The Hall–Kier alpha value is -1.23. The summed E-state index contributed by atoms with van der Waals surface area (Å²) >= 11 is 1.69. The molecule has 0 saturated carbocycles. The van der Waals surface area contributed by atoms with Crippen molar-refractivity contribution in [3.63, 3.8) is 0 Å². The Bertz CT molecular complexity index is 478.